The minimum atomic E-state index is -0.167. The maximum Gasteiger partial charge on any atom is 0.251 e. The van der Waals surface area contributed by atoms with Gasteiger partial charge in [0, 0.05) is 35.7 Å². The smallest absolute Gasteiger partial charge is 0.251 e. The number of amides is 2. The van der Waals surface area contributed by atoms with E-state index in [1.807, 2.05) is 49.0 Å². The van der Waals surface area contributed by atoms with Gasteiger partial charge in [0.2, 0.25) is 5.91 Å². The Morgan fingerprint density at radius 3 is 2.43 bits per heavy atom. The zero-order valence-electron chi connectivity index (χ0n) is 16.8. The standard InChI is InChI=1S/C22H23ClN4O2S/c1-3-19(15-4-8-17(23)9-5-15)26-21(29)16-6-10-18(11-7-16)25-20(28)14-30-22-24-12-13-27(22)2/h4-13,19H,3,14H2,1-2H3,(H,25,28)(H,26,29). The molecule has 0 fully saturated rings. The molecule has 0 saturated heterocycles. The molecule has 3 rings (SSSR count). The molecule has 156 valence electrons. The Morgan fingerprint density at radius 2 is 1.83 bits per heavy atom. The number of benzene rings is 2. The molecule has 3 aromatic rings. The predicted molar refractivity (Wildman–Crippen MR) is 121 cm³/mol. The van der Waals surface area contributed by atoms with Crippen LogP contribution in [0.2, 0.25) is 5.02 Å². The second-order valence-electron chi connectivity index (χ2n) is 6.72. The van der Waals surface area contributed by atoms with Gasteiger partial charge >= 0.3 is 0 Å². The molecular weight excluding hydrogens is 420 g/mol. The van der Waals surface area contributed by atoms with Gasteiger partial charge in [-0.05, 0) is 48.4 Å². The average molecular weight is 443 g/mol. The average Bonchev–Trinajstić information content (AvgIpc) is 3.16. The van der Waals surface area contributed by atoms with Crippen molar-refractivity contribution in [1.82, 2.24) is 14.9 Å². The molecule has 0 saturated carbocycles. The molecule has 30 heavy (non-hydrogen) atoms. The number of anilines is 1. The number of hydrogen-bond acceptors (Lipinski definition) is 4. The monoisotopic (exact) mass is 442 g/mol. The Balaban J connectivity index is 1.55. The van der Waals surface area contributed by atoms with Crippen LogP contribution < -0.4 is 10.6 Å². The van der Waals surface area contributed by atoms with Gasteiger partial charge in [0.25, 0.3) is 5.91 Å². The number of hydrogen-bond donors (Lipinski definition) is 2. The lowest BCUT2D eigenvalue weighted by molar-refractivity contribution is -0.113. The van der Waals surface area contributed by atoms with E-state index in [9.17, 15) is 9.59 Å². The van der Waals surface area contributed by atoms with Crippen LogP contribution in [0.15, 0.2) is 66.1 Å². The van der Waals surface area contributed by atoms with E-state index in [1.54, 1.807) is 30.5 Å². The molecular formula is C22H23ClN4O2S. The molecule has 1 atom stereocenters. The first kappa shape index (κ1) is 21.9. The number of nitrogens with zero attached hydrogens (tertiary/aromatic N) is 2. The highest BCUT2D eigenvalue weighted by Gasteiger charge is 2.14. The Kier molecular flexibility index (Phi) is 7.54. The minimum Gasteiger partial charge on any atom is -0.345 e. The lowest BCUT2D eigenvalue weighted by atomic mass is 10.0. The van der Waals surface area contributed by atoms with Crippen molar-refractivity contribution in [3.8, 4) is 0 Å². The maximum atomic E-state index is 12.6. The fourth-order valence-corrected chi connectivity index (χ4v) is 3.74. The van der Waals surface area contributed by atoms with Crippen LogP contribution in [0.3, 0.4) is 0 Å². The van der Waals surface area contributed by atoms with Gasteiger partial charge in [-0.3, -0.25) is 9.59 Å². The molecule has 0 aliphatic heterocycles. The second kappa shape index (κ2) is 10.3. The molecule has 0 bridgehead atoms. The normalized spacial score (nSPS) is 11.7. The topological polar surface area (TPSA) is 76.0 Å². The van der Waals surface area contributed by atoms with Crippen LogP contribution >= 0.6 is 23.4 Å². The third-order valence-electron chi connectivity index (χ3n) is 4.53. The van der Waals surface area contributed by atoms with Gasteiger partial charge in [0.15, 0.2) is 5.16 Å². The Hall–Kier alpha value is -2.77. The van der Waals surface area contributed by atoms with Crippen LogP contribution in [-0.2, 0) is 11.8 Å². The molecule has 0 aliphatic carbocycles. The molecule has 2 aromatic carbocycles. The molecule has 1 unspecified atom stereocenters. The number of aromatic nitrogens is 2. The van der Waals surface area contributed by atoms with Crippen molar-refractivity contribution in [2.75, 3.05) is 11.1 Å². The van der Waals surface area contributed by atoms with E-state index >= 15 is 0 Å². The summed E-state index contributed by atoms with van der Waals surface area (Å²) < 4.78 is 1.86. The molecule has 1 heterocycles. The van der Waals surface area contributed by atoms with Crippen molar-refractivity contribution < 1.29 is 9.59 Å². The van der Waals surface area contributed by atoms with Crippen LogP contribution in [0.25, 0.3) is 0 Å². The summed E-state index contributed by atoms with van der Waals surface area (Å²) in [6.07, 6.45) is 4.29. The quantitative estimate of drug-likeness (QED) is 0.496. The molecule has 2 amide bonds. The van der Waals surface area contributed by atoms with Gasteiger partial charge in [-0.15, -0.1) is 0 Å². The Labute approximate surface area is 185 Å². The zero-order valence-corrected chi connectivity index (χ0v) is 18.3. The number of rotatable bonds is 8. The molecule has 1 aromatic heterocycles. The fourth-order valence-electron chi connectivity index (χ4n) is 2.88. The second-order valence-corrected chi connectivity index (χ2v) is 8.10. The SMILES string of the molecule is CCC(NC(=O)c1ccc(NC(=O)CSc2nccn2C)cc1)c1ccc(Cl)cc1. The first-order chi connectivity index (χ1) is 14.5. The van der Waals surface area contributed by atoms with Crippen molar-refractivity contribution in [3.05, 3.63) is 77.1 Å². The van der Waals surface area contributed by atoms with Crippen molar-refractivity contribution in [3.63, 3.8) is 0 Å². The molecule has 2 N–H and O–H groups in total. The van der Waals surface area contributed by atoms with Crippen LogP contribution in [0, 0.1) is 0 Å². The summed E-state index contributed by atoms with van der Waals surface area (Å²) in [5, 5.41) is 7.31. The van der Waals surface area contributed by atoms with Crippen molar-refractivity contribution in [2.24, 2.45) is 7.05 Å². The number of thioether (sulfide) groups is 1. The summed E-state index contributed by atoms with van der Waals surface area (Å²) >= 11 is 7.31. The van der Waals surface area contributed by atoms with E-state index < -0.39 is 0 Å². The van der Waals surface area contributed by atoms with Gasteiger partial charge in [-0.1, -0.05) is 42.4 Å². The summed E-state index contributed by atoms with van der Waals surface area (Å²) in [7, 11) is 1.88. The van der Waals surface area contributed by atoms with Gasteiger partial charge < -0.3 is 15.2 Å². The van der Waals surface area contributed by atoms with Crippen LogP contribution in [-0.4, -0.2) is 27.1 Å². The number of aryl methyl sites for hydroxylation is 1. The minimum absolute atomic E-state index is 0.0997. The molecule has 8 heteroatoms. The highest BCUT2D eigenvalue weighted by Crippen LogP contribution is 2.20. The zero-order chi connectivity index (χ0) is 21.5. The molecule has 0 radical (unpaired) electrons. The van der Waals surface area contributed by atoms with Crippen molar-refractivity contribution in [2.45, 2.75) is 24.5 Å². The molecule has 0 spiro atoms. The van der Waals surface area contributed by atoms with Crippen LogP contribution in [0.1, 0.15) is 35.3 Å². The first-order valence-electron chi connectivity index (χ1n) is 9.52. The third kappa shape index (κ3) is 5.87. The molecule has 6 nitrogen and oxygen atoms in total. The largest absolute Gasteiger partial charge is 0.345 e. The third-order valence-corrected chi connectivity index (χ3v) is 5.84. The summed E-state index contributed by atoms with van der Waals surface area (Å²) in [5.74, 6) is -0.0409. The Bertz CT molecular complexity index is 1000. The fraction of sp³-hybridized carbons (Fsp3) is 0.227. The highest BCUT2D eigenvalue weighted by molar-refractivity contribution is 7.99. The van der Waals surface area contributed by atoms with Gasteiger partial charge in [0.05, 0.1) is 11.8 Å². The summed E-state index contributed by atoms with van der Waals surface area (Å²) in [5.41, 5.74) is 2.17. The molecule has 0 aliphatic rings. The first-order valence-corrected chi connectivity index (χ1v) is 10.9. The lowest BCUT2D eigenvalue weighted by Gasteiger charge is -2.18. The maximum absolute atomic E-state index is 12.6. The van der Waals surface area contributed by atoms with Crippen LogP contribution in [0.4, 0.5) is 5.69 Å². The summed E-state index contributed by atoms with van der Waals surface area (Å²) in [6, 6.07) is 14.2. The van der Waals surface area contributed by atoms with Crippen molar-refractivity contribution >= 4 is 40.9 Å². The lowest BCUT2D eigenvalue weighted by Crippen LogP contribution is -2.28. The van der Waals surface area contributed by atoms with E-state index in [2.05, 4.69) is 15.6 Å². The summed E-state index contributed by atoms with van der Waals surface area (Å²) in [6.45, 7) is 2.02. The van der Waals surface area contributed by atoms with Crippen molar-refractivity contribution in [1.29, 1.82) is 0 Å². The van der Waals surface area contributed by atoms with Gasteiger partial charge in [0.1, 0.15) is 0 Å². The highest BCUT2D eigenvalue weighted by atomic mass is 35.5. The number of carbonyl (C=O) groups excluding carboxylic acids is 2. The number of carbonyl (C=O) groups is 2. The predicted octanol–water partition coefficient (Wildman–Crippen LogP) is 4.69. The van der Waals surface area contributed by atoms with E-state index in [0.717, 1.165) is 17.1 Å². The number of imidazole rings is 1. The summed E-state index contributed by atoms with van der Waals surface area (Å²) in [4.78, 5) is 28.9. The van der Waals surface area contributed by atoms with Gasteiger partial charge in [-0.25, -0.2) is 4.98 Å². The number of halogens is 1. The van der Waals surface area contributed by atoms with E-state index in [4.69, 9.17) is 11.6 Å². The van der Waals surface area contributed by atoms with Crippen LogP contribution in [0.5, 0.6) is 0 Å². The van der Waals surface area contributed by atoms with E-state index in [-0.39, 0.29) is 23.6 Å². The van der Waals surface area contributed by atoms with Gasteiger partial charge in [-0.2, -0.15) is 0 Å². The Morgan fingerprint density at radius 1 is 1.13 bits per heavy atom. The number of nitrogens with one attached hydrogen (secondary N) is 2. The van der Waals surface area contributed by atoms with E-state index in [1.165, 1.54) is 11.8 Å². The van der Waals surface area contributed by atoms with E-state index in [0.29, 0.717) is 16.3 Å².